The Kier molecular flexibility index (Phi) is 3.68. The van der Waals surface area contributed by atoms with E-state index in [1.165, 1.54) is 40.8 Å². The van der Waals surface area contributed by atoms with E-state index in [0.717, 1.165) is 24.3 Å². The first kappa shape index (κ1) is 14.5. The Morgan fingerprint density at radius 3 is 2.87 bits per heavy atom. The first-order valence-corrected chi connectivity index (χ1v) is 8.71. The Labute approximate surface area is 138 Å². The Hall–Kier alpha value is -2.09. The van der Waals surface area contributed by atoms with Gasteiger partial charge >= 0.3 is 0 Å². The van der Waals surface area contributed by atoms with Gasteiger partial charge in [0.1, 0.15) is 11.4 Å². The van der Waals surface area contributed by atoms with Gasteiger partial charge in [-0.3, -0.25) is 0 Å². The number of aliphatic imine (C=N–C) groups is 1. The molecule has 0 N–H and O–H groups in total. The predicted molar refractivity (Wildman–Crippen MR) is 96.6 cm³/mol. The molecule has 0 aromatic heterocycles. The normalized spacial score (nSPS) is 19.7. The summed E-state index contributed by atoms with van der Waals surface area (Å²) in [6.45, 7) is 4.92. The van der Waals surface area contributed by atoms with Crippen molar-refractivity contribution in [1.29, 1.82) is 0 Å². The number of fused-ring (bicyclic) bond motifs is 1. The molecule has 0 bridgehead atoms. The lowest BCUT2D eigenvalue weighted by Gasteiger charge is -2.25. The van der Waals surface area contributed by atoms with Gasteiger partial charge in [0.2, 0.25) is 0 Å². The predicted octanol–water partition coefficient (Wildman–Crippen LogP) is 5.61. The van der Waals surface area contributed by atoms with Crippen LogP contribution in [-0.4, -0.2) is 12.3 Å². The van der Waals surface area contributed by atoms with Crippen molar-refractivity contribution in [2.75, 3.05) is 6.61 Å². The highest BCUT2D eigenvalue weighted by molar-refractivity contribution is 6.19. The molecule has 2 aliphatic carbocycles. The van der Waals surface area contributed by atoms with Crippen LogP contribution in [0.5, 0.6) is 5.75 Å². The maximum absolute atomic E-state index is 5.76. The molecule has 1 aromatic rings. The van der Waals surface area contributed by atoms with E-state index in [0.29, 0.717) is 12.5 Å². The largest absolute Gasteiger partial charge is 0.492 e. The second-order valence-corrected chi connectivity index (χ2v) is 6.62. The maximum atomic E-state index is 5.76. The van der Waals surface area contributed by atoms with Crippen LogP contribution in [0.1, 0.15) is 50.7 Å². The number of ether oxygens (including phenoxy) is 1. The summed E-state index contributed by atoms with van der Waals surface area (Å²) in [5, 5.41) is 0. The lowest BCUT2D eigenvalue weighted by molar-refractivity contribution is 0.341. The minimum absolute atomic E-state index is 0.675. The molecule has 3 aliphatic rings. The lowest BCUT2D eigenvalue weighted by atomic mass is 9.87. The van der Waals surface area contributed by atoms with Gasteiger partial charge in [-0.2, -0.15) is 0 Å². The number of rotatable bonds is 4. The maximum Gasteiger partial charge on any atom is 0.145 e. The van der Waals surface area contributed by atoms with Gasteiger partial charge in [0.15, 0.2) is 0 Å². The van der Waals surface area contributed by atoms with E-state index in [-0.39, 0.29) is 0 Å². The fourth-order valence-electron chi connectivity index (χ4n) is 3.30. The van der Waals surface area contributed by atoms with Crippen molar-refractivity contribution in [2.24, 2.45) is 10.9 Å². The van der Waals surface area contributed by atoms with Crippen LogP contribution in [0.15, 0.2) is 47.0 Å². The molecule has 1 fully saturated rings. The molecule has 0 radical (unpaired) electrons. The van der Waals surface area contributed by atoms with E-state index in [1.807, 2.05) is 6.92 Å². The first-order valence-electron chi connectivity index (χ1n) is 8.71. The van der Waals surface area contributed by atoms with Crippen LogP contribution >= 0.6 is 0 Å². The summed E-state index contributed by atoms with van der Waals surface area (Å²) < 4.78 is 5.76. The average molecular weight is 305 g/mol. The zero-order valence-corrected chi connectivity index (χ0v) is 13.9. The van der Waals surface area contributed by atoms with E-state index in [1.54, 1.807) is 0 Å². The van der Waals surface area contributed by atoms with Crippen LogP contribution < -0.4 is 4.74 Å². The summed E-state index contributed by atoms with van der Waals surface area (Å²) in [7, 11) is 0. The molecular weight excluding hydrogens is 282 g/mol. The summed E-state index contributed by atoms with van der Waals surface area (Å²) in [4.78, 5) is 4.80. The van der Waals surface area contributed by atoms with Crippen molar-refractivity contribution < 1.29 is 4.74 Å². The summed E-state index contributed by atoms with van der Waals surface area (Å²) in [5.74, 6) is 1.60. The van der Waals surface area contributed by atoms with Gasteiger partial charge in [0, 0.05) is 11.5 Å². The third-order valence-electron chi connectivity index (χ3n) is 4.75. The molecule has 23 heavy (non-hydrogen) atoms. The molecule has 1 heterocycles. The average Bonchev–Trinajstić information content (AvgIpc) is 3.30. The monoisotopic (exact) mass is 305 g/mol. The van der Waals surface area contributed by atoms with Gasteiger partial charge < -0.3 is 4.74 Å². The molecule has 0 atom stereocenters. The summed E-state index contributed by atoms with van der Waals surface area (Å²) >= 11 is 0. The van der Waals surface area contributed by atoms with Gasteiger partial charge in [-0.05, 0) is 62.8 Å². The fraction of sp³-hybridized carbons (Fsp3) is 0.381. The Balaban J connectivity index is 1.79. The zero-order chi connectivity index (χ0) is 15.8. The summed E-state index contributed by atoms with van der Waals surface area (Å²) in [6, 6.07) is 4.29. The molecule has 0 saturated heterocycles. The molecule has 2 heteroatoms. The SMILES string of the molecule is CCOc1ccc(C2=CC=C(C)CCC=C2)c2c1N=C2C1CC1. The Bertz CT molecular complexity index is 760. The second-order valence-electron chi connectivity index (χ2n) is 6.62. The molecule has 0 unspecified atom stereocenters. The fourth-order valence-corrected chi connectivity index (χ4v) is 3.30. The Morgan fingerprint density at radius 2 is 2.09 bits per heavy atom. The third-order valence-corrected chi connectivity index (χ3v) is 4.75. The van der Waals surface area contributed by atoms with Crippen molar-refractivity contribution in [3.63, 3.8) is 0 Å². The van der Waals surface area contributed by atoms with Crippen LogP contribution in [0.2, 0.25) is 0 Å². The lowest BCUT2D eigenvalue weighted by Crippen LogP contribution is -2.15. The Morgan fingerprint density at radius 1 is 1.22 bits per heavy atom. The number of nitrogens with zero attached hydrogens (tertiary/aromatic N) is 1. The van der Waals surface area contributed by atoms with Crippen LogP contribution in [0.25, 0.3) is 5.57 Å². The van der Waals surface area contributed by atoms with Crippen molar-refractivity contribution in [3.05, 3.63) is 53.1 Å². The molecule has 2 nitrogen and oxygen atoms in total. The van der Waals surface area contributed by atoms with E-state index in [4.69, 9.17) is 9.73 Å². The van der Waals surface area contributed by atoms with Gasteiger partial charge in [0.05, 0.1) is 12.3 Å². The van der Waals surface area contributed by atoms with Gasteiger partial charge in [-0.15, -0.1) is 0 Å². The van der Waals surface area contributed by atoms with Crippen molar-refractivity contribution in [3.8, 4) is 5.75 Å². The smallest absolute Gasteiger partial charge is 0.145 e. The molecule has 1 saturated carbocycles. The van der Waals surface area contributed by atoms with Crippen LogP contribution in [-0.2, 0) is 0 Å². The van der Waals surface area contributed by atoms with Gasteiger partial charge in [0.25, 0.3) is 0 Å². The minimum Gasteiger partial charge on any atom is -0.492 e. The quantitative estimate of drug-likeness (QED) is 0.708. The number of hydrogen-bond acceptors (Lipinski definition) is 2. The molecule has 118 valence electrons. The van der Waals surface area contributed by atoms with Crippen molar-refractivity contribution in [2.45, 2.75) is 39.5 Å². The van der Waals surface area contributed by atoms with Crippen molar-refractivity contribution in [1.82, 2.24) is 0 Å². The third kappa shape index (κ3) is 2.67. The topological polar surface area (TPSA) is 21.6 Å². The second kappa shape index (κ2) is 5.84. The molecule has 1 aliphatic heterocycles. The minimum atomic E-state index is 0.675. The van der Waals surface area contributed by atoms with E-state index < -0.39 is 0 Å². The molecule has 0 amide bonds. The van der Waals surface area contributed by atoms with Gasteiger partial charge in [-0.25, -0.2) is 4.99 Å². The molecule has 1 aromatic carbocycles. The van der Waals surface area contributed by atoms with E-state index >= 15 is 0 Å². The summed E-state index contributed by atoms with van der Waals surface area (Å²) in [6.07, 6.45) is 13.9. The van der Waals surface area contributed by atoms with E-state index in [9.17, 15) is 0 Å². The summed E-state index contributed by atoms with van der Waals surface area (Å²) in [5.41, 5.74) is 7.73. The molecule has 4 rings (SSSR count). The molecular formula is C21H23NO. The van der Waals surface area contributed by atoms with Crippen molar-refractivity contribution >= 4 is 17.0 Å². The van der Waals surface area contributed by atoms with E-state index in [2.05, 4.69) is 43.4 Å². The van der Waals surface area contributed by atoms with Crippen LogP contribution in [0, 0.1) is 5.92 Å². The highest BCUT2D eigenvalue weighted by Gasteiger charge is 2.37. The van der Waals surface area contributed by atoms with Crippen LogP contribution in [0.4, 0.5) is 5.69 Å². The number of benzene rings is 1. The number of allylic oxidation sites excluding steroid dienone is 6. The molecule has 0 spiro atoms. The van der Waals surface area contributed by atoms with Crippen LogP contribution in [0.3, 0.4) is 0 Å². The highest BCUT2D eigenvalue weighted by atomic mass is 16.5. The van der Waals surface area contributed by atoms with Gasteiger partial charge in [-0.1, -0.05) is 29.9 Å². The number of hydrogen-bond donors (Lipinski definition) is 0. The highest BCUT2D eigenvalue weighted by Crippen LogP contribution is 2.49. The first-order chi connectivity index (χ1) is 11.3. The standard InChI is InChI=1S/C21H23NO/c1-3-23-18-13-12-17(15-7-5-4-6-14(2)8-9-15)19-20(16-10-11-16)22-21(18)19/h5,7-9,12-13,16H,3-4,6,10-11H2,1-2H3. The zero-order valence-electron chi connectivity index (χ0n) is 13.9.